The summed E-state index contributed by atoms with van der Waals surface area (Å²) in [6.07, 6.45) is 3.54. The molecule has 2 saturated heterocycles. The summed E-state index contributed by atoms with van der Waals surface area (Å²) in [5, 5.41) is 12.0. The van der Waals surface area contributed by atoms with E-state index in [0.29, 0.717) is 31.9 Å². The fourth-order valence-electron chi connectivity index (χ4n) is 4.58. The molecule has 1 aromatic carbocycles. The second kappa shape index (κ2) is 12.7. The predicted octanol–water partition coefficient (Wildman–Crippen LogP) is -0.384. The maximum Gasteiger partial charge on any atom is 0.354 e. The monoisotopic (exact) mass is 548 g/mol. The van der Waals surface area contributed by atoms with E-state index in [1.165, 1.54) is 22.0 Å². The van der Waals surface area contributed by atoms with Crippen LogP contribution in [0.2, 0.25) is 0 Å². The van der Waals surface area contributed by atoms with Crippen molar-refractivity contribution < 1.29 is 14.7 Å². The highest BCUT2D eigenvalue weighted by Gasteiger charge is 2.34. The Morgan fingerprint density at radius 1 is 1.11 bits per heavy atom. The minimum absolute atomic E-state index is 0. The number of carbonyl (C=O) groups is 2. The second-order valence-electron chi connectivity index (χ2n) is 10.0. The van der Waals surface area contributed by atoms with Gasteiger partial charge in [0, 0.05) is 51.5 Å². The molecule has 2 fully saturated rings. The van der Waals surface area contributed by atoms with Gasteiger partial charge in [-0.25, -0.2) is 9.59 Å². The fourth-order valence-corrected chi connectivity index (χ4v) is 4.58. The number of hydrogen-bond donors (Lipinski definition) is 4. The van der Waals surface area contributed by atoms with Gasteiger partial charge in [-0.05, 0) is 50.1 Å². The third kappa shape index (κ3) is 7.08. The number of hydrogen-bond acceptors (Lipinski definition) is 8. The van der Waals surface area contributed by atoms with Crippen LogP contribution in [0.3, 0.4) is 0 Å². The van der Waals surface area contributed by atoms with Crippen LogP contribution in [-0.2, 0) is 11.2 Å². The maximum absolute atomic E-state index is 12.7. The number of aliphatic hydroxyl groups is 1. The predicted molar refractivity (Wildman–Crippen MR) is 147 cm³/mol. The Morgan fingerprint density at radius 3 is 2.34 bits per heavy atom. The molecule has 0 saturated carbocycles. The van der Waals surface area contributed by atoms with Crippen molar-refractivity contribution in [3.05, 3.63) is 52.6 Å². The van der Waals surface area contributed by atoms with Crippen LogP contribution < -0.4 is 22.5 Å². The number of nitrogens with one attached hydrogen (secondary N) is 1. The van der Waals surface area contributed by atoms with Gasteiger partial charge >= 0.3 is 11.7 Å². The first-order chi connectivity index (χ1) is 17.7. The zero-order valence-corrected chi connectivity index (χ0v) is 22.4. The summed E-state index contributed by atoms with van der Waals surface area (Å²) in [7, 11) is 0. The molecule has 3 amide bonds. The molecule has 0 aliphatic carbocycles. The van der Waals surface area contributed by atoms with Gasteiger partial charge in [0.15, 0.2) is 0 Å². The van der Waals surface area contributed by atoms with Gasteiger partial charge in [-0.3, -0.25) is 14.7 Å². The van der Waals surface area contributed by atoms with Gasteiger partial charge in [0.2, 0.25) is 5.91 Å². The molecule has 2 aliphatic heterocycles. The standard InChI is InChI=1S/C25H36N8O4.ClH/c1-25(27,17-34)22(35)31-12-14-32(15-13-31)23(36)28-21-8-11-33(24(37)29-21)20-4-2-18(3-5-20)6-9-30-10-7-19(26)16-30;/h2-5,8,11,19,34H,6-7,9-10,12-17,26-27H2,1H3,(H,28,29,36,37);1H/t19-,25?;/m1./s1. The number of piperazine rings is 1. The van der Waals surface area contributed by atoms with E-state index in [1.807, 2.05) is 24.3 Å². The lowest BCUT2D eigenvalue weighted by Gasteiger charge is -2.37. The molecule has 0 bridgehead atoms. The maximum atomic E-state index is 12.7. The lowest BCUT2D eigenvalue weighted by atomic mass is 10.0. The zero-order valence-electron chi connectivity index (χ0n) is 21.6. The summed E-state index contributed by atoms with van der Waals surface area (Å²) in [5.74, 6) is -0.204. The summed E-state index contributed by atoms with van der Waals surface area (Å²) in [6, 6.07) is 9.22. The van der Waals surface area contributed by atoms with E-state index in [2.05, 4.69) is 15.2 Å². The molecule has 4 rings (SSSR count). The van der Waals surface area contributed by atoms with Gasteiger partial charge in [0.05, 0.1) is 12.3 Å². The molecule has 13 heteroatoms. The fraction of sp³-hybridized carbons (Fsp3) is 0.520. The number of nitrogens with zero attached hydrogens (tertiary/aromatic N) is 5. The van der Waals surface area contributed by atoms with Gasteiger partial charge in [-0.2, -0.15) is 4.98 Å². The molecule has 2 aromatic rings. The van der Waals surface area contributed by atoms with Crippen LogP contribution >= 0.6 is 12.4 Å². The first kappa shape index (κ1) is 29.5. The number of urea groups is 1. The largest absolute Gasteiger partial charge is 0.394 e. The molecular formula is C25H37ClN8O4. The lowest BCUT2D eigenvalue weighted by Crippen LogP contribution is -2.60. The van der Waals surface area contributed by atoms with E-state index < -0.39 is 23.9 Å². The molecular weight excluding hydrogens is 512 g/mol. The summed E-state index contributed by atoms with van der Waals surface area (Å²) in [5.41, 5.74) is 11.8. The number of halogens is 1. The van der Waals surface area contributed by atoms with Crippen molar-refractivity contribution in [2.75, 3.05) is 57.7 Å². The number of carbonyl (C=O) groups excluding carboxylic acids is 2. The van der Waals surface area contributed by atoms with E-state index in [1.54, 1.807) is 17.2 Å². The van der Waals surface area contributed by atoms with Crippen molar-refractivity contribution in [2.24, 2.45) is 11.5 Å². The quantitative estimate of drug-likeness (QED) is 0.363. The second-order valence-corrected chi connectivity index (χ2v) is 10.0. The van der Waals surface area contributed by atoms with E-state index in [9.17, 15) is 19.5 Å². The van der Waals surface area contributed by atoms with E-state index in [-0.39, 0.29) is 30.2 Å². The molecule has 2 aliphatic rings. The van der Waals surface area contributed by atoms with Gasteiger partial charge < -0.3 is 31.3 Å². The number of benzene rings is 1. The van der Waals surface area contributed by atoms with Gasteiger partial charge in [0.1, 0.15) is 11.4 Å². The number of amides is 3. The van der Waals surface area contributed by atoms with E-state index in [0.717, 1.165) is 32.5 Å². The SMILES string of the molecule is CC(N)(CO)C(=O)N1CCN(C(=O)Nc2ccn(-c3ccc(CCN4CC[C@@H](N)C4)cc3)c(=O)n2)CC1.Cl. The van der Waals surface area contributed by atoms with Crippen LogP contribution in [-0.4, -0.2) is 105 Å². The molecule has 38 heavy (non-hydrogen) atoms. The highest BCUT2D eigenvalue weighted by molar-refractivity contribution is 5.89. The first-order valence-electron chi connectivity index (χ1n) is 12.6. The zero-order chi connectivity index (χ0) is 26.6. The molecule has 2 atom stereocenters. The van der Waals surface area contributed by atoms with Gasteiger partial charge in [0.25, 0.3) is 0 Å². The molecule has 1 aromatic heterocycles. The van der Waals surface area contributed by atoms with Gasteiger partial charge in [-0.1, -0.05) is 12.1 Å². The number of nitrogens with two attached hydrogens (primary N) is 2. The lowest BCUT2D eigenvalue weighted by molar-refractivity contribution is -0.139. The highest BCUT2D eigenvalue weighted by atomic mass is 35.5. The Morgan fingerprint density at radius 2 is 1.76 bits per heavy atom. The number of likely N-dealkylation sites (tertiary alicyclic amines) is 1. The van der Waals surface area contributed by atoms with E-state index >= 15 is 0 Å². The van der Waals surface area contributed by atoms with Crippen molar-refractivity contribution in [1.82, 2.24) is 24.3 Å². The van der Waals surface area contributed by atoms with Crippen molar-refractivity contribution >= 4 is 30.2 Å². The molecule has 208 valence electrons. The van der Waals surface area contributed by atoms with Crippen LogP contribution in [0.5, 0.6) is 0 Å². The molecule has 0 spiro atoms. The number of aliphatic hydroxyl groups excluding tert-OH is 1. The minimum atomic E-state index is -1.35. The summed E-state index contributed by atoms with van der Waals surface area (Å²) in [4.78, 5) is 47.2. The number of anilines is 1. The van der Waals surface area contributed by atoms with Crippen molar-refractivity contribution in [3.63, 3.8) is 0 Å². The van der Waals surface area contributed by atoms with Crippen molar-refractivity contribution in [1.29, 1.82) is 0 Å². The summed E-state index contributed by atoms with van der Waals surface area (Å²) in [6.45, 7) is 5.16. The average Bonchev–Trinajstić information content (AvgIpc) is 3.32. The van der Waals surface area contributed by atoms with E-state index in [4.69, 9.17) is 11.5 Å². The minimum Gasteiger partial charge on any atom is -0.394 e. The Balaban J connectivity index is 0.00000400. The van der Waals surface area contributed by atoms with Crippen LogP contribution in [0, 0.1) is 0 Å². The smallest absolute Gasteiger partial charge is 0.354 e. The first-order valence-corrected chi connectivity index (χ1v) is 12.6. The van der Waals surface area contributed by atoms with Crippen LogP contribution in [0.25, 0.3) is 5.69 Å². The molecule has 0 radical (unpaired) electrons. The normalized spacial score (nSPS) is 19.5. The average molecular weight is 549 g/mol. The Bertz CT molecular complexity index is 1160. The Kier molecular flexibility index (Phi) is 9.85. The van der Waals surface area contributed by atoms with Gasteiger partial charge in [-0.15, -0.1) is 12.4 Å². The summed E-state index contributed by atoms with van der Waals surface area (Å²) >= 11 is 0. The highest BCUT2D eigenvalue weighted by Crippen LogP contribution is 2.13. The molecule has 12 nitrogen and oxygen atoms in total. The third-order valence-corrected chi connectivity index (χ3v) is 6.95. The third-order valence-electron chi connectivity index (χ3n) is 6.95. The van der Waals surface area contributed by atoms with Crippen LogP contribution in [0.15, 0.2) is 41.3 Å². The van der Waals surface area contributed by atoms with Crippen molar-refractivity contribution in [2.45, 2.75) is 31.3 Å². The Hall–Kier alpha value is -3.03. The van der Waals surface area contributed by atoms with Crippen molar-refractivity contribution in [3.8, 4) is 5.69 Å². The number of rotatable bonds is 7. The molecule has 1 unspecified atom stereocenters. The number of aromatic nitrogens is 2. The Labute approximate surface area is 228 Å². The van der Waals surface area contributed by atoms with Crippen LogP contribution in [0.1, 0.15) is 18.9 Å². The summed E-state index contributed by atoms with van der Waals surface area (Å²) < 4.78 is 1.42. The topological polar surface area (TPSA) is 163 Å². The molecule has 6 N–H and O–H groups in total. The van der Waals surface area contributed by atoms with Crippen LogP contribution in [0.4, 0.5) is 10.6 Å². The molecule has 3 heterocycles.